The fourth-order valence-electron chi connectivity index (χ4n) is 2.62. The van der Waals surface area contributed by atoms with Crippen molar-refractivity contribution in [3.63, 3.8) is 0 Å². The van der Waals surface area contributed by atoms with Gasteiger partial charge in [-0.2, -0.15) is 0 Å². The highest BCUT2D eigenvalue weighted by Crippen LogP contribution is 2.25. The molecule has 2 N–H and O–H groups in total. The molecule has 7 heteroatoms. The van der Waals surface area contributed by atoms with Crippen LogP contribution < -0.4 is 10.6 Å². The van der Waals surface area contributed by atoms with E-state index >= 15 is 0 Å². The highest BCUT2D eigenvalue weighted by Gasteiger charge is 2.23. The maximum Gasteiger partial charge on any atom is 0.191 e. The quantitative estimate of drug-likeness (QED) is 0.726. The molecule has 0 aromatic carbocycles. The van der Waals surface area contributed by atoms with Gasteiger partial charge in [0.05, 0.1) is 19.3 Å². The molecule has 0 radical (unpaired) electrons. The monoisotopic (exact) mass is 422 g/mol. The number of hydrogen-bond donors (Lipinski definition) is 2. The third kappa shape index (κ3) is 4.80. The molecule has 1 aromatic rings. The molecule has 2 aliphatic heterocycles. The van der Waals surface area contributed by atoms with Crippen molar-refractivity contribution in [3.05, 3.63) is 22.4 Å². The molecule has 1 saturated heterocycles. The average molecular weight is 422 g/mol. The van der Waals surface area contributed by atoms with Crippen LogP contribution in [-0.2, 0) is 4.74 Å². The Morgan fingerprint density at radius 2 is 2.29 bits per heavy atom. The number of halogens is 1. The van der Waals surface area contributed by atoms with E-state index in [0.717, 1.165) is 58.3 Å². The van der Waals surface area contributed by atoms with Gasteiger partial charge in [0.1, 0.15) is 0 Å². The summed E-state index contributed by atoms with van der Waals surface area (Å²) in [5.41, 5.74) is 0. The van der Waals surface area contributed by atoms with Crippen LogP contribution in [0.2, 0.25) is 0 Å². The van der Waals surface area contributed by atoms with Gasteiger partial charge >= 0.3 is 0 Å². The molecule has 3 heterocycles. The van der Waals surface area contributed by atoms with Gasteiger partial charge in [0.25, 0.3) is 0 Å². The Hall–Kier alpha value is -0.380. The van der Waals surface area contributed by atoms with Crippen LogP contribution in [-0.4, -0.2) is 56.8 Å². The molecule has 0 saturated carbocycles. The summed E-state index contributed by atoms with van der Waals surface area (Å²) >= 11 is 1.83. The first kappa shape index (κ1) is 17.0. The number of hydrogen-bond acceptors (Lipinski definition) is 6. The smallest absolute Gasteiger partial charge is 0.191 e. The molecule has 3 rings (SSSR count). The first-order valence-corrected chi connectivity index (χ1v) is 8.19. The predicted molar refractivity (Wildman–Crippen MR) is 97.8 cm³/mol. The van der Waals surface area contributed by atoms with Crippen molar-refractivity contribution in [2.24, 2.45) is 4.99 Å². The van der Waals surface area contributed by atoms with Crippen molar-refractivity contribution < 1.29 is 4.74 Å². The Morgan fingerprint density at radius 3 is 2.95 bits per heavy atom. The normalized spacial score (nSPS) is 20.9. The Labute approximate surface area is 147 Å². The number of guanidine groups is 1. The van der Waals surface area contributed by atoms with E-state index in [4.69, 9.17) is 4.74 Å². The van der Waals surface area contributed by atoms with Crippen molar-refractivity contribution >= 4 is 41.3 Å². The number of aliphatic imine (C=N–C) groups is 1. The van der Waals surface area contributed by atoms with E-state index in [0.29, 0.717) is 6.04 Å². The van der Waals surface area contributed by atoms with Crippen LogP contribution in [0.15, 0.2) is 22.5 Å². The van der Waals surface area contributed by atoms with Crippen LogP contribution in [0.5, 0.6) is 0 Å². The molecule has 1 unspecified atom stereocenters. The molecule has 118 valence electrons. The van der Waals surface area contributed by atoms with Gasteiger partial charge in [-0.25, -0.2) is 0 Å². The van der Waals surface area contributed by atoms with Gasteiger partial charge in [-0.3, -0.25) is 9.89 Å². The minimum absolute atomic E-state index is 0. The lowest BCUT2D eigenvalue weighted by Gasteiger charge is -2.34. The zero-order chi connectivity index (χ0) is 13.6. The second-order valence-corrected chi connectivity index (χ2v) is 6.05. The molecular formula is C14H23IN4OS. The molecule has 0 spiro atoms. The zero-order valence-electron chi connectivity index (χ0n) is 12.1. The van der Waals surface area contributed by atoms with Gasteiger partial charge in [-0.1, -0.05) is 6.07 Å². The second kappa shape index (κ2) is 8.92. The number of ether oxygens (including phenoxy) is 1. The van der Waals surface area contributed by atoms with E-state index in [-0.39, 0.29) is 24.0 Å². The van der Waals surface area contributed by atoms with Gasteiger partial charge in [0, 0.05) is 37.6 Å². The van der Waals surface area contributed by atoms with Gasteiger partial charge in [-0.05, 0) is 17.9 Å². The first-order chi connectivity index (χ1) is 9.93. The summed E-state index contributed by atoms with van der Waals surface area (Å²) in [4.78, 5) is 8.40. The van der Waals surface area contributed by atoms with E-state index in [2.05, 4.69) is 38.0 Å². The van der Waals surface area contributed by atoms with Crippen LogP contribution >= 0.6 is 35.3 Å². The van der Waals surface area contributed by atoms with Crippen molar-refractivity contribution in [2.45, 2.75) is 12.5 Å². The molecule has 1 atom stereocenters. The maximum atomic E-state index is 5.47. The third-order valence-corrected chi connectivity index (χ3v) is 4.69. The topological polar surface area (TPSA) is 48.9 Å². The van der Waals surface area contributed by atoms with Crippen molar-refractivity contribution in [1.82, 2.24) is 15.5 Å². The Balaban J connectivity index is 0.00000161. The summed E-state index contributed by atoms with van der Waals surface area (Å²) in [5.74, 6) is 0.950. The van der Waals surface area contributed by atoms with E-state index in [1.54, 1.807) is 0 Å². The van der Waals surface area contributed by atoms with E-state index in [9.17, 15) is 0 Å². The number of nitrogens with one attached hydrogen (secondary N) is 2. The molecule has 0 aliphatic carbocycles. The van der Waals surface area contributed by atoms with Crippen molar-refractivity contribution in [2.75, 3.05) is 45.9 Å². The van der Waals surface area contributed by atoms with Crippen LogP contribution in [0.1, 0.15) is 17.3 Å². The molecular weight excluding hydrogens is 399 g/mol. The number of rotatable bonds is 4. The minimum Gasteiger partial charge on any atom is -0.379 e. The molecule has 2 aliphatic rings. The van der Waals surface area contributed by atoms with Gasteiger partial charge in [-0.15, -0.1) is 35.3 Å². The van der Waals surface area contributed by atoms with E-state index in [1.807, 2.05) is 11.3 Å². The lowest BCUT2D eigenvalue weighted by molar-refractivity contribution is 0.0177. The summed E-state index contributed by atoms with van der Waals surface area (Å²) in [6, 6.07) is 4.76. The van der Waals surface area contributed by atoms with E-state index in [1.165, 1.54) is 4.88 Å². The lowest BCUT2D eigenvalue weighted by Crippen LogP contribution is -2.47. The number of morpholine rings is 1. The van der Waals surface area contributed by atoms with Gasteiger partial charge in [0.2, 0.25) is 0 Å². The van der Waals surface area contributed by atoms with Crippen LogP contribution in [0.3, 0.4) is 0 Å². The molecule has 0 amide bonds. The van der Waals surface area contributed by atoms with Crippen molar-refractivity contribution in [3.8, 4) is 0 Å². The molecule has 1 aromatic heterocycles. The predicted octanol–water partition coefficient (Wildman–Crippen LogP) is 1.68. The highest BCUT2D eigenvalue weighted by molar-refractivity contribution is 14.0. The number of thiophene rings is 1. The van der Waals surface area contributed by atoms with Crippen molar-refractivity contribution in [1.29, 1.82) is 0 Å². The lowest BCUT2D eigenvalue weighted by atomic mass is 10.2. The van der Waals surface area contributed by atoms with Crippen LogP contribution in [0.4, 0.5) is 0 Å². The molecule has 5 nitrogen and oxygen atoms in total. The fraction of sp³-hybridized carbons (Fsp3) is 0.643. The summed E-state index contributed by atoms with van der Waals surface area (Å²) in [5, 5.41) is 8.94. The Kier molecular flexibility index (Phi) is 7.21. The third-order valence-electron chi connectivity index (χ3n) is 3.72. The largest absolute Gasteiger partial charge is 0.379 e. The molecule has 21 heavy (non-hydrogen) atoms. The van der Waals surface area contributed by atoms with Crippen LogP contribution in [0, 0.1) is 0 Å². The summed E-state index contributed by atoms with van der Waals surface area (Å²) in [7, 11) is 0. The van der Waals surface area contributed by atoms with Gasteiger partial charge < -0.3 is 15.4 Å². The Bertz CT molecular complexity index is 434. The summed E-state index contributed by atoms with van der Waals surface area (Å²) in [6.45, 7) is 6.52. The van der Waals surface area contributed by atoms with Crippen LogP contribution in [0.25, 0.3) is 0 Å². The Morgan fingerprint density at radius 1 is 1.43 bits per heavy atom. The zero-order valence-corrected chi connectivity index (χ0v) is 15.2. The van der Waals surface area contributed by atoms with E-state index < -0.39 is 0 Å². The van der Waals surface area contributed by atoms with Gasteiger partial charge in [0.15, 0.2) is 5.96 Å². The second-order valence-electron chi connectivity index (χ2n) is 5.07. The maximum absolute atomic E-state index is 5.47. The fourth-order valence-corrected chi connectivity index (χ4v) is 3.48. The molecule has 0 bridgehead atoms. The molecule has 1 fully saturated rings. The number of nitrogens with zero attached hydrogens (tertiary/aromatic N) is 2. The summed E-state index contributed by atoms with van der Waals surface area (Å²) in [6.07, 6.45) is 1.13. The summed E-state index contributed by atoms with van der Waals surface area (Å²) < 4.78 is 5.47. The average Bonchev–Trinajstić information content (AvgIpc) is 3.04. The minimum atomic E-state index is 0. The standard InChI is InChI=1S/C14H22N4OS.HI/c1-3-13(20-10-1)12(18-6-8-19-9-7-18)11-17-14-15-4-2-5-16-14;/h1,3,10,12H,2,4-9,11H2,(H2,15,16,17);1H. The SMILES string of the molecule is I.c1csc(C(CNC2=NCCCN2)N2CCOCC2)c1. The first-order valence-electron chi connectivity index (χ1n) is 7.31. The highest BCUT2D eigenvalue weighted by atomic mass is 127.